The first-order chi connectivity index (χ1) is 13.3. The first-order valence-electron chi connectivity index (χ1n) is 9.16. The van der Waals surface area contributed by atoms with E-state index >= 15 is 0 Å². The summed E-state index contributed by atoms with van der Waals surface area (Å²) < 4.78 is 0. The highest BCUT2D eigenvalue weighted by molar-refractivity contribution is 6.30. The molecule has 0 bridgehead atoms. The van der Waals surface area contributed by atoms with Crippen molar-refractivity contribution >= 4 is 29.3 Å². The molecule has 0 fully saturated rings. The van der Waals surface area contributed by atoms with E-state index in [2.05, 4.69) is 0 Å². The first kappa shape index (κ1) is 21.6. The molecular formula is C22H23ClO5. The van der Waals surface area contributed by atoms with Crippen molar-refractivity contribution in [1.82, 2.24) is 0 Å². The first-order valence-corrected chi connectivity index (χ1v) is 9.54. The average molecular weight is 403 g/mol. The summed E-state index contributed by atoms with van der Waals surface area (Å²) in [7, 11) is 0. The third-order valence-corrected chi connectivity index (χ3v) is 4.77. The van der Waals surface area contributed by atoms with Gasteiger partial charge >= 0.3 is 11.9 Å². The Morgan fingerprint density at radius 2 is 1.54 bits per heavy atom. The average Bonchev–Trinajstić information content (AvgIpc) is 2.64. The van der Waals surface area contributed by atoms with E-state index in [1.165, 1.54) is 0 Å². The van der Waals surface area contributed by atoms with Gasteiger partial charge < -0.3 is 10.2 Å². The van der Waals surface area contributed by atoms with Crippen LogP contribution in [0.5, 0.6) is 0 Å². The van der Waals surface area contributed by atoms with Crippen LogP contribution in [0.3, 0.4) is 0 Å². The van der Waals surface area contributed by atoms with Crippen molar-refractivity contribution in [2.75, 3.05) is 0 Å². The Bertz CT molecular complexity index is 829. The van der Waals surface area contributed by atoms with E-state index in [-0.39, 0.29) is 25.0 Å². The molecule has 1 atom stereocenters. The van der Waals surface area contributed by atoms with Gasteiger partial charge in [-0.2, -0.15) is 0 Å². The zero-order valence-corrected chi connectivity index (χ0v) is 16.2. The molecule has 5 nitrogen and oxygen atoms in total. The molecule has 2 aromatic carbocycles. The number of carbonyl (C=O) groups excluding carboxylic acids is 1. The molecule has 0 aliphatic rings. The Labute approximate surface area is 169 Å². The van der Waals surface area contributed by atoms with Crippen molar-refractivity contribution in [2.45, 2.75) is 38.5 Å². The fourth-order valence-electron chi connectivity index (χ4n) is 3.08. The van der Waals surface area contributed by atoms with Crippen molar-refractivity contribution in [1.29, 1.82) is 0 Å². The lowest BCUT2D eigenvalue weighted by atomic mass is 9.89. The van der Waals surface area contributed by atoms with E-state index in [9.17, 15) is 14.4 Å². The molecule has 0 aromatic heterocycles. The molecule has 0 saturated heterocycles. The zero-order chi connectivity index (χ0) is 20.5. The van der Waals surface area contributed by atoms with E-state index in [0.717, 1.165) is 16.7 Å². The molecule has 0 spiro atoms. The molecule has 0 unspecified atom stereocenters. The van der Waals surface area contributed by atoms with Crippen LogP contribution in [0.2, 0.25) is 5.02 Å². The molecule has 2 rings (SSSR count). The van der Waals surface area contributed by atoms with Gasteiger partial charge in [-0.25, -0.2) is 0 Å². The molecule has 0 radical (unpaired) electrons. The lowest BCUT2D eigenvalue weighted by molar-refractivity contribution is -0.140. The topological polar surface area (TPSA) is 91.7 Å². The number of carboxylic acids is 2. The maximum atomic E-state index is 12.4. The van der Waals surface area contributed by atoms with Crippen LogP contribution in [0.1, 0.15) is 37.7 Å². The van der Waals surface area contributed by atoms with E-state index in [1.54, 1.807) is 6.07 Å². The Morgan fingerprint density at radius 1 is 0.857 bits per heavy atom. The van der Waals surface area contributed by atoms with Crippen molar-refractivity contribution < 1.29 is 24.6 Å². The SMILES string of the molecule is O=C(O)CCCCC(=O)[C@@H](CC(=O)O)Cc1ccc(-c2cccc(Cl)c2)cc1. The Morgan fingerprint density at radius 3 is 2.14 bits per heavy atom. The van der Waals surface area contributed by atoms with Crippen LogP contribution in [-0.4, -0.2) is 27.9 Å². The predicted octanol–water partition coefficient (Wildman–Crippen LogP) is 4.85. The van der Waals surface area contributed by atoms with Gasteiger partial charge in [0, 0.05) is 23.8 Å². The minimum atomic E-state index is -1.01. The molecular weight excluding hydrogens is 380 g/mol. The number of hydrogen-bond donors (Lipinski definition) is 2. The van der Waals surface area contributed by atoms with Crippen LogP contribution < -0.4 is 0 Å². The molecule has 0 aliphatic heterocycles. The van der Waals surface area contributed by atoms with Crippen LogP contribution in [0.15, 0.2) is 48.5 Å². The van der Waals surface area contributed by atoms with Crippen LogP contribution in [0.25, 0.3) is 11.1 Å². The number of carboxylic acid groups (broad SMARTS) is 2. The summed E-state index contributed by atoms with van der Waals surface area (Å²) in [5.74, 6) is -2.65. The molecule has 2 N–H and O–H groups in total. The van der Waals surface area contributed by atoms with E-state index in [4.69, 9.17) is 21.8 Å². The Kier molecular flexibility index (Phi) is 8.20. The van der Waals surface area contributed by atoms with Gasteiger partial charge in [0.1, 0.15) is 5.78 Å². The number of aliphatic carboxylic acids is 2. The fraction of sp³-hybridized carbons (Fsp3) is 0.318. The summed E-state index contributed by atoms with van der Waals surface area (Å²) in [5.41, 5.74) is 2.85. The predicted molar refractivity (Wildman–Crippen MR) is 107 cm³/mol. The highest BCUT2D eigenvalue weighted by Gasteiger charge is 2.21. The summed E-state index contributed by atoms with van der Waals surface area (Å²) in [6.07, 6.45) is 1.20. The summed E-state index contributed by atoms with van der Waals surface area (Å²) in [6, 6.07) is 15.1. The highest BCUT2D eigenvalue weighted by Crippen LogP contribution is 2.24. The van der Waals surface area contributed by atoms with Gasteiger partial charge in [0.15, 0.2) is 0 Å². The largest absolute Gasteiger partial charge is 0.481 e. The quantitative estimate of drug-likeness (QED) is 0.524. The van der Waals surface area contributed by atoms with Gasteiger partial charge in [-0.1, -0.05) is 48.0 Å². The molecule has 0 saturated carbocycles. The molecule has 0 amide bonds. The monoisotopic (exact) mass is 402 g/mol. The third kappa shape index (κ3) is 7.16. The number of hydrogen-bond acceptors (Lipinski definition) is 3. The second-order valence-electron chi connectivity index (χ2n) is 6.77. The molecule has 148 valence electrons. The van der Waals surface area contributed by atoms with Gasteiger partial charge in [0.2, 0.25) is 0 Å². The minimum absolute atomic E-state index is 0.0157. The van der Waals surface area contributed by atoms with Crippen molar-refractivity contribution in [3.05, 3.63) is 59.1 Å². The second kappa shape index (κ2) is 10.6. The van der Waals surface area contributed by atoms with Gasteiger partial charge in [-0.3, -0.25) is 14.4 Å². The number of benzene rings is 2. The van der Waals surface area contributed by atoms with Crippen LogP contribution in [-0.2, 0) is 20.8 Å². The number of Topliss-reactive ketones (excluding diaryl/α,β-unsaturated/α-hetero) is 1. The van der Waals surface area contributed by atoms with Crippen LogP contribution >= 0.6 is 11.6 Å². The lowest BCUT2D eigenvalue weighted by Gasteiger charge is -2.14. The molecule has 0 heterocycles. The minimum Gasteiger partial charge on any atom is -0.481 e. The maximum Gasteiger partial charge on any atom is 0.304 e. The lowest BCUT2D eigenvalue weighted by Crippen LogP contribution is -2.20. The number of rotatable bonds is 11. The molecule has 0 aliphatic carbocycles. The number of halogens is 1. The van der Waals surface area contributed by atoms with E-state index in [1.807, 2.05) is 42.5 Å². The molecule has 2 aromatic rings. The normalized spacial score (nSPS) is 11.8. The summed E-state index contributed by atoms with van der Waals surface area (Å²) in [5, 5.41) is 18.4. The third-order valence-electron chi connectivity index (χ3n) is 4.53. The van der Waals surface area contributed by atoms with Crippen molar-refractivity contribution in [2.24, 2.45) is 5.92 Å². The standard InChI is InChI=1S/C22H23ClO5/c23-19-5-3-4-17(13-19)16-10-8-15(9-11-16)12-18(14-22(27)28)20(24)6-1-2-7-21(25)26/h3-5,8-11,13,18H,1-2,6-7,12,14H2,(H,25,26)(H,27,28)/t18-/m1/s1. The van der Waals surface area contributed by atoms with Gasteiger partial charge in [0.25, 0.3) is 0 Å². The smallest absolute Gasteiger partial charge is 0.304 e. The van der Waals surface area contributed by atoms with Crippen molar-refractivity contribution in [3.63, 3.8) is 0 Å². The molecule has 28 heavy (non-hydrogen) atoms. The summed E-state index contributed by atoms with van der Waals surface area (Å²) >= 11 is 6.02. The fourth-order valence-corrected chi connectivity index (χ4v) is 3.27. The van der Waals surface area contributed by atoms with Crippen LogP contribution in [0, 0.1) is 5.92 Å². The highest BCUT2D eigenvalue weighted by atomic mass is 35.5. The number of carbonyl (C=O) groups is 3. The molecule has 6 heteroatoms. The van der Waals surface area contributed by atoms with Crippen LogP contribution in [0.4, 0.5) is 0 Å². The van der Waals surface area contributed by atoms with Crippen molar-refractivity contribution in [3.8, 4) is 11.1 Å². The maximum absolute atomic E-state index is 12.4. The zero-order valence-electron chi connectivity index (χ0n) is 15.4. The second-order valence-corrected chi connectivity index (χ2v) is 7.21. The van der Waals surface area contributed by atoms with Gasteiger partial charge in [-0.05, 0) is 48.1 Å². The Hall–Kier alpha value is -2.66. The summed E-state index contributed by atoms with van der Waals surface area (Å²) in [4.78, 5) is 34.1. The van der Waals surface area contributed by atoms with Gasteiger partial charge in [0.05, 0.1) is 6.42 Å². The van der Waals surface area contributed by atoms with Gasteiger partial charge in [-0.15, -0.1) is 0 Å². The number of ketones is 1. The number of unbranched alkanes of at least 4 members (excludes halogenated alkanes) is 1. The van der Waals surface area contributed by atoms with E-state index in [0.29, 0.717) is 24.3 Å². The Balaban J connectivity index is 2.02. The van der Waals surface area contributed by atoms with E-state index < -0.39 is 17.9 Å². The summed E-state index contributed by atoms with van der Waals surface area (Å²) in [6.45, 7) is 0.